The van der Waals surface area contributed by atoms with Gasteiger partial charge < -0.3 is 19.8 Å². The van der Waals surface area contributed by atoms with Crippen molar-refractivity contribution in [2.45, 2.75) is 19.4 Å². The number of hydrogen-bond acceptors (Lipinski definition) is 5. The Balaban J connectivity index is 1.27. The number of hydrogen-bond donors (Lipinski definition) is 3. The third-order valence-corrected chi connectivity index (χ3v) is 5.71. The molecule has 0 unspecified atom stereocenters. The summed E-state index contributed by atoms with van der Waals surface area (Å²) in [5.74, 6) is 0.877. The Morgan fingerprint density at radius 3 is 2.19 bits per heavy atom. The van der Waals surface area contributed by atoms with Gasteiger partial charge in [0.05, 0.1) is 5.54 Å². The van der Waals surface area contributed by atoms with Crippen LogP contribution in [0.4, 0.5) is 5.82 Å². The second-order valence-electron chi connectivity index (χ2n) is 8.76. The van der Waals surface area contributed by atoms with E-state index in [4.69, 9.17) is 9.15 Å². The van der Waals surface area contributed by atoms with Crippen molar-refractivity contribution in [3.8, 4) is 11.5 Å². The van der Waals surface area contributed by atoms with Crippen LogP contribution in [0.2, 0.25) is 0 Å². The van der Waals surface area contributed by atoms with Crippen LogP contribution in [0.25, 0.3) is 11.1 Å². The van der Waals surface area contributed by atoms with E-state index in [2.05, 4.69) is 20.8 Å². The molecule has 5 rings (SSSR count). The zero-order valence-electron chi connectivity index (χ0n) is 19.7. The SMILES string of the molecule is CC(C)(NC(=O)c1cc2[nH]nc(NC(=O)c3ccc(Oc4ccccc4)cc3)c2o1)c1ccccc1. The number of carbonyl (C=O) groups excluding carboxylic acids is 2. The zero-order chi connectivity index (χ0) is 25.1. The van der Waals surface area contributed by atoms with Gasteiger partial charge in [0.15, 0.2) is 17.2 Å². The van der Waals surface area contributed by atoms with Crippen LogP contribution in [0, 0.1) is 0 Å². The average Bonchev–Trinajstić information content (AvgIpc) is 3.47. The van der Waals surface area contributed by atoms with Gasteiger partial charge in [-0.3, -0.25) is 14.7 Å². The fourth-order valence-electron chi connectivity index (χ4n) is 3.76. The van der Waals surface area contributed by atoms with E-state index in [-0.39, 0.29) is 29.0 Å². The maximum absolute atomic E-state index is 12.9. The molecule has 2 aromatic heterocycles. The molecule has 0 bridgehead atoms. The second-order valence-corrected chi connectivity index (χ2v) is 8.76. The quantitative estimate of drug-likeness (QED) is 0.270. The predicted octanol–water partition coefficient (Wildman–Crippen LogP) is 5.87. The van der Waals surface area contributed by atoms with Gasteiger partial charge in [0.2, 0.25) is 0 Å². The van der Waals surface area contributed by atoms with Crippen molar-refractivity contribution in [2.24, 2.45) is 0 Å². The number of anilines is 1. The summed E-state index contributed by atoms with van der Waals surface area (Å²) in [7, 11) is 0. The van der Waals surface area contributed by atoms with Crippen LogP contribution in [-0.2, 0) is 5.54 Å². The van der Waals surface area contributed by atoms with Crippen molar-refractivity contribution in [2.75, 3.05) is 5.32 Å². The number of fused-ring (bicyclic) bond motifs is 1. The predicted molar refractivity (Wildman–Crippen MR) is 136 cm³/mol. The summed E-state index contributed by atoms with van der Waals surface area (Å²) in [6.07, 6.45) is 0. The van der Waals surface area contributed by atoms with Gasteiger partial charge in [0, 0.05) is 11.6 Å². The van der Waals surface area contributed by atoms with E-state index in [9.17, 15) is 9.59 Å². The molecule has 180 valence electrons. The lowest BCUT2D eigenvalue weighted by Crippen LogP contribution is -2.40. The molecule has 0 saturated carbocycles. The first-order valence-electron chi connectivity index (χ1n) is 11.4. The van der Waals surface area contributed by atoms with Crippen molar-refractivity contribution in [1.82, 2.24) is 15.5 Å². The standard InChI is InChI=1S/C28H24N4O4/c1-28(2,19-9-5-3-6-10-19)30-27(34)23-17-22-24(36-23)25(32-31-22)29-26(33)18-13-15-21(16-14-18)35-20-11-7-4-8-12-20/h3-17H,1-2H3,(H,30,34)(H2,29,31,32,33). The summed E-state index contributed by atoms with van der Waals surface area (Å²) in [5.41, 5.74) is 1.56. The highest BCUT2D eigenvalue weighted by molar-refractivity contribution is 6.07. The Labute approximate surface area is 207 Å². The van der Waals surface area contributed by atoms with E-state index < -0.39 is 5.54 Å². The fourth-order valence-corrected chi connectivity index (χ4v) is 3.76. The number of aromatic nitrogens is 2. The van der Waals surface area contributed by atoms with Crippen LogP contribution in [0.3, 0.4) is 0 Å². The Morgan fingerprint density at radius 1 is 0.861 bits per heavy atom. The van der Waals surface area contributed by atoms with E-state index in [0.29, 0.717) is 22.6 Å². The normalized spacial score (nSPS) is 11.3. The highest BCUT2D eigenvalue weighted by atomic mass is 16.5. The molecule has 5 aromatic rings. The minimum absolute atomic E-state index is 0.112. The third kappa shape index (κ3) is 4.83. The number of nitrogens with one attached hydrogen (secondary N) is 3. The Morgan fingerprint density at radius 2 is 1.50 bits per heavy atom. The number of H-pyrrole nitrogens is 1. The van der Waals surface area contributed by atoms with Gasteiger partial charge in [-0.25, -0.2) is 0 Å². The summed E-state index contributed by atoms with van der Waals surface area (Å²) >= 11 is 0. The maximum Gasteiger partial charge on any atom is 0.287 e. The highest BCUT2D eigenvalue weighted by Gasteiger charge is 2.26. The zero-order valence-corrected chi connectivity index (χ0v) is 19.7. The summed E-state index contributed by atoms with van der Waals surface area (Å²) in [6.45, 7) is 3.83. The highest BCUT2D eigenvalue weighted by Crippen LogP contribution is 2.27. The van der Waals surface area contributed by atoms with Gasteiger partial charge in [-0.15, -0.1) is 0 Å². The molecule has 0 fully saturated rings. The molecule has 2 heterocycles. The van der Waals surface area contributed by atoms with Crippen molar-refractivity contribution >= 4 is 28.7 Å². The lowest BCUT2D eigenvalue weighted by Gasteiger charge is -2.26. The monoisotopic (exact) mass is 480 g/mol. The Hall–Kier alpha value is -4.85. The van der Waals surface area contributed by atoms with Crippen LogP contribution in [0.5, 0.6) is 11.5 Å². The van der Waals surface area contributed by atoms with E-state index in [1.807, 2.05) is 74.5 Å². The Bertz CT molecular complexity index is 1500. The number of furan rings is 1. The first-order valence-corrected chi connectivity index (χ1v) is 11.4. The summed E-state index contributed by atoms with van der Waals surface area (Å²) in [5, 5.41) is 12.6. The summed E-state index contributed by atoms with van der Waals surface area (Å²) in [4.78, 5) is 25.7. The smallest absolute Gasteiger partial charge is 0.287 e. The molecule has 0 aliphatic rings. The van der Waals surface area contributed by atoms with Crippen LogP contribution >= 0.6 is 0 Å². The summed E-state index contributed by atoms with van der Waals surface area (Å²) < 4.78 is 11.5. The maximum atomic E-state index is 12.9. The average molecular weight is 481 g/mol. The largest absolute Gasteiger partial charge is 0.457 e. The third-order valence-electron chi connectivity index (χ3n) is 5.71. The van der Waals surface area contributed by atoms with Crippen LogP contribution in [0.15, 0.2) is 95.4 Å². The second kappa shape index (κ2) is 9.42. The molecule has 0 aliphatic heterocycles. The van der Waals surface area contributed by atoms with E-state index >= 15 is 0 Å². The van der Waals surface area contributed by atoms with Gasteiger partial charge in [-0.2, -0.15) is 5.10 Å². The minimum Gasteiger partial charge on any atom is -0.457 e. The molecule has 0 atom stereocenters. The molecule has 0 spiro atoms. The minimum atomic E-state index is -0.607. The molecule has 0 radical (unpaired) electrons. The molecule has 8 heteroatoms. The molecule has 0 aliphatic carbocycles. The lowest BCUT2D eigenvalue weighted by molar-refractivity contribution is 0.0885. The summed E-state index contributed by atoms with van der Waals surface area (Å²) in [6, 6.07) is 27.3. The van der Waals surface area contributed by atoms with E-state index in [0.717, 1.165) is 5.56 Å². The molecule has 0 saturated heterocycles. The number of carbonyl (C=O) groups is 2. The first-order chi connectivity index (χ1) is 17.4. The molecule has 2 amide bonds. The molecular formula is C28H24N4O4. The topological polar surface area (TPSA) is 109 Å². The fraction of sp³-hybridized carbons (Fsp3) is 0.107. The van der Waals surface area contributed by atoms with Crippen LogP contribution < -0.4 is 15.4 Å². The van der Waals surface area contributed by atoms with Gasteiger partial charge in [0.1, 0.15) is 17.0 Å². The van der Waals surface area contributed by atoms with E-state index in [1.165, 1.54) is 0 Å². The van der Waals surface area contributed by atoms with Gasteiger partial charge in [0.25, 0.3) is 11.8 Å². The van der Waals surface area contributed by atoms with Crippen molar-refractivity contribution in [3.05, 3.63) is 108 Å². The molecule has 3 aromatic carbocycles. The van der Waals surface area contributed by atoms with Gasteiger partial charge >= 0.3 is 0 Å². The number of aromatic amines is 1. The number of nitrogens with zero attached hydrogens (tertiary/aromatic N) is 1. The number of para-hydroxylation sites is 1. The van der Waals surface area contributed by atoms with Gasteiger partial charge in [-0.05, 0) is 55.8 Å². The first kappa shape index (κ1) is 22.9. The van der Waals surface area contributed by atoms with Gasteiger partial charge in [-0.1, -0.05) is 48.5 Å². The van der Waals surface area contributed by atoms with Crippen LogP contribution in [0.1, 0.15) is 40.3 Å². The number of ether oxygens (including phenoxy) is 1. The lowest BCUT2D eigenvalue weighted by atomic mass is 9.94. The van der Waals surface area contributed by atoms with Crippen molar-refractivity contribution in [1.29, 1.82) is 0 Å². The number of amides is 2. The van der Waals surface area contributed by atoms with Crippen LogP contribution in [-0.4, -0.2) is 22.0 Å². The number of benzene rings is 3. The van der Waals surface area contributed by atoms with E-state index in [1.54, 1.807) is 30.3 Å². The molecule has 36 heavy (non-hydrogen) atoms. The van der Waals surface area contributed by atoms with Crippen molar-refractivity contribution < 1.29 is 18.7 Å². The molecule has 3 N–H and O–H groups in total. The Kier molecular flexibility index (Phi) is 6.00. The molecular weight excluding hydrogens is 456 g/mol. The number of rotatable bonds is 7. The van der Waals surface area contributed by atoms with Crippen molar-refractivity contribution in [3.63, 3.8) is 0 Å². The molecule has 8 nitrogen and oxygen atoms in total.